The van der Waals surface area contributed by atoms with Crippen LogP contribution >= 0.6 is 0 Å². The highest BCUT2D eigenvalue weighted by molar-refractivity contribution is 5.38. The summed E-state index contributed by atoms with van der Waals surface area (Å²) < 4.78 is 23.5. The van der Waals surface area contributed by atoms with Crippen LogP contribution in [0, 0.1) is 5.82 Å². The number of aliphatic hydroxyl groups excluding tert-OH is 1. The van der Waals surface area contributed by atoms with E-state index < -0.39 is 11.9 Å². The summed E-state index contributed by atoms with van der Waals surface area (Å²) in [5.41, 5.74) is 0.888. The van der Waals surface area contributed by atoms with Gasteiger partial charge in [0.25, 0.3) is 0 Å². The summed E-state index contributed by atoms with van der Waals surface area (Å²) in [7, 11) is 2.85. The van der Waals surface area contributed by atoms with E-state index in [9.17, 15) is 9.50 Å². The van der Waals surface area contributed by atoms with Crippen molar-refractivity contribution in [2.45, 2.75) is 6.10 Å². The van der Waals surface area contributed by atoms with Crippen LogP contribution in [0.1, 0.15) is 17.2 Å². The molecule has 1 atom stereocenters. The van der Waals surface area contributed by atoms with Gasteiger partial charge in [0.1, 0.15) is 6.10 Å². The van der Waals surface area contributed by atoms with Crippen molar-refractivity contribution in [3.8, 4) is 11.6 Å². The molecule has 1 aromatic carbocycles. The van der Waals surface area contributed by atoms with Crippen LogP contribution in [0.5, 0.6) is 11.6 Å². The highest BCUT2D eigenvalue weighted by Gasteiger charge is 2.17. The number of hydrogen-bond acceptors (Lipinski definition) is 4. The van der Waals surface area contributed by atoms with E-state index in [1.54, 1.807) is 24.4 Å². The number of hydrogen-bond donors (Lipinski definition) is 1. The van der Waals surface area contributed by atoms with Crippen LogP contribution in [0.3, 0.4) is 0 Å². The second-order valence-electron chi connectivity index (χ2n) is 3.90. The van der Waals surface area contributed by atoms with E-state index in [0.717, 1.165) is 0 Å². The van der Waals surface area contributed by atoms with Crippen molar-refractivity contribution in [3.05, 3.63) is 53.5 Å². The van der Waals surface area contributed by atoms with Gasteiger partial charge in [-0.2, -0.15) is 0 Å². The van der Waals surface area contributed by atoms with Crippen LogP contribution < -0.4 is 9.47 Å². The molecule has 0 bridgehead atoms. The lowest BCUT2D eigenvalue weighted by atomic mass is 10.0. The van der Waals surface area contributed by atoms with Crippen molar-refractivity contribution in [1.82, 2.24) is 4.98 Å². The highest BCUT2D eigenvalue weighted by Crippen LogP contribution is 2.30. The van der Waals surface area contributed by atoms with Gasteiger partial charge in [-0.3, -0.25) is 0 Å². The molecule has 0 fully saturated rings. The summed E-state index contributed by atoms with van der Waals surface area (Å²) in [6, 6.07) is 7.66. The minimum absolute atomic E-state index is 0.133. The molecular formula is C14H14FNO3. The minimum atomic E-state index is -1.01. The zero-order valence-electron chi connectivity index (χ0n) is 10.6. The quantitative estimate of drug-likeness (QED) is 0.919. The first-order chi connectivity index (χ1) is 9.17. The summed E-state index contributed by atoms with van der Waals surface area (Å²) in [5.74, 6) is -0.0813. The molecule has 0 aliphatic heterocycles. The number of methoxy groups -OCH3 is 2. The maximum absolute atomic E-state index is 13.6. The average molecular weight is 263 g/mol. The van der Waals surface area contributed by atoms with Gasteiger partial charge in [0.15, 0.2) is 11.6 Å². The first kappa shape index (κ1) is 13.3. The van der Waals surface area contributed by atoms with Crippen molar-refractivity contribution in [1.29, 1.82) is 0 Å². The van der Waals surface area contributed by atoms with E-state index in [4.69, 9.17) is 9.47 Å². The predicted octanol–water partition coefficient (Wildman–Crippen LogP) is 2.32. The Balaban J connectivity index is 2.38. The van der Waals surface area contributed by atoms with E-state index in [1.165, 1.54) is 26.4 Å². The highest BCUT2D eigenvalue weighted by atomic mass is 19.1. The number of halogens is 1. The Bertz CT molecular complexity index is 574. The monoisotopic (exact) mass is 263 g/mol. The van der Waals surface area contributed by atoms with Crippen molar-refractivity contribution >= 4 is 0 Å². The molecule has 100 valence electrons. The first-order valence-electron chi connectivity index (χ1n) is 5.67. The molecule has 1 heterocycles. The normalized spacial score (nSPS) is 12.0. The van der Waals surface area contributed by atoms with E-state index in [-0.39, 0.29) is 5.75 Å². The molecule has 0 radical (unpaired) electrons. The fourth-order valence-electron chi connectivity index (χ4n) is 1.81. The third kappa shape index (κ3) is 2.66. The number of ether oxygens (including phenoxy) is 2. The second-order valence-corrected chi connectivity index (χ2v) is 3.90. The SMILES string of the molecule is COc1ccc(C(O)c2cccnc2OC)cc1F. The zero-order chi connectivity index (χ0) is 13.8. The summed E-state index contributed by atoms with van der Waals surface area (Å²) in [5, 5.41) is 10.3. The van der Waals surface area contributed by atoms with Gasteiger partial charge in [-0.15, -0.1) is 0 Å². The van der Waals surface area contributed by atoms with Crippen LogP contribution in [-0.2, 0) is 0 Å². The van der Waals surface area contributed by atoms with E-state index >= 15 is 0 Å². The van der Waals surface area contributed by atoms with Crippen LogP contribution in [0.2, 0.25) is 0 Å². The maximum atomic E-state index is 13.6. The van der Waals surface area contributed by atoms with E-state index in [0.29, 0.717) is 17.0 Å². The number of aliphatic hydroxyl groups is 1. The number of nitrogens with zero attached hydrogens (tertiary/aromatic N) is 1. The average Bonchev–Trinajstić information content (AvgIpc) is 2.46. The van der Waals surface area contributed by atoms with Gasteiger partial charge in [-0.05, 0) is 29.8 Å². The van der Waals surface area contributed by atoms with E-state index in [2.05, 4.69) is 4.98 Å². The Hall–Kier alpha value is -2.14. The van der Waals surface area contributed by atoms with Gasteiger partial charge < -0.3 is 14.6 Å². The van der Waals surface area contributed by atoms with Crippen molar-refractivity contribution in [2.75, 3.05) is 14.2 Å². The largest absolute Gasteiger partial charge is 0.494 e. The standard InChI is InChI=1S/C14H14FNO3/c1-18-12-6-5-9(8-11(12)15)13(17)10-4-3-7-16-14(10)19-2/h3-8,13,17H,1-2H3. The Labute approximate surface area is 110 Å². The molecule has 0 spiro atoms. The number of benzene rings is 1. The first-order valence-corrected chi connectivity index (χ1v) is 5.67. The molecule has 4 nitrogen and oxygen atoms in total. The van der Waals surface area contributed by atoms with Gasteiger partial charge in [-0.25, -0.2) is 9.37 Å². The zero-order valence-corrected chi connectivity index (χ0v) is 10.6. The molecule has 0 aliphatic carbocycles. The molecule has 2 aromatic rings. The predicted molar refractivity (Wildman–Crippen MR) is 67.8 cm³/mol. The Kier molecular flexibility index (Phi) is 3.97. The molecule has 1 N–H and O–H groups in total. The smallest absolute Gasteiger partial charge is 0.219 e. The Morgan fingerprint density at radius 1 is 1.21 bits per heavy atom. The summed E-state index contributed by atoms with van der Waals surface area (Å²) in [4.78, 5) is 4.00. The fourth-order valence-corrected chi connectivity index (χ4v) is 1.81. The summed E-state index contributed by atoms with van der Waals surface area (Å²) >= 11 is 0. The third-order valence-corrected chi connectivity index (χ3v) is 2.78. The number of aromatic nitrogens is 1. The molecule has 1 unspecified atom stereocenters. The van der Waals surface area contributed by atoms with Gasteiger partial charge in [0.2, 0.25) is 5.88 Å². The van der Waals surface area contributed by atoms with Crippen molar-refractivity contribution in [3.63, 3.8) is 0 Å². The summed E-state index contributed by atoms with van der Waals surface area (Å²) in [6.07, 6.45) is 0.549. The lowest BCUT2D eigenvalue weighted by Crippen LogP contribution is -2.04. The molecule has 0 aliphatic rings. The van der Waals surface area contributed by atoms with Crippen LogP contribution in [-0.4, -0.2) is 24.3 Å². The molecule has 19 heavy (non-hydrogen) atoms. The van der Waals surface area contributed by atoms with Crippen molar-refractivity contribution < 1.29 is 19.0 Å². The van der Waals surface area contributed by atoms with Gasteiger partial charge >= 0.3 is 0 Å². The molecule has 0 saturated carbocycles. The topological polar surface area (TPSA) is 51.6 Å². The molecule has 0 amide bonds. The third-order valence-electron chi connectivity index (χ3n) is 2.78. The lowest BCUT2D eigenvalue weighted by Gasteiger charge is -2.14. The van der Waals surface area contributed by atoms with Gasteiger partial charge in [-0.1, -0.05) is 6.07 Å². The molecule has 2 rings (SSSR count). The molecule has 5 heteroatoms. The van der Waals surface area contributed by atoms with Gasteiger partial charge in [0, 0.05) is 11.8 Å². The van der Waals surface area contributed by atoms with E-state index in [1.807, 2.05) is 0 Å². The minimum Gasteiger partial charge on any atom is -0.494 e. The Morgan fingerprint density at radius 2 is 2.00 bits per heavy atom. The second kappa shape index (κ2) is 5.67. The van der Waals surface area contributed by atoms with Crippen LogP contribution in [0.4, 0.5) is 4.39 Å². The summed E-state index contributed by atoms with van der Waals surface area (Å²) in [6.45, 7) is 0. The van der Waals surface area contributed by atoms with Crippen LogP contribution in [0.25, 0.3) is 0 Å². The number of pyridine rings is 1. The molecule has 1 aromatic heterocycles. The number of rotatable bonds is 4. The maximum Gasteiger partial charge on any atom is 0.219 e. The molecule has 0 saturated heterocycles. The van der Waals surface area contributed by atoms with Crippen LogP contribution in [0.15, 0.2) is 36.5 Å². The van der Waals surface area contributed by atoms with Crippen molar-refractivity contribution in [2.24, 2.45) is 0 Å². The molecular weight excluding hydrogens is 249 g/mol. The van der Waals surface area contributed by atoms with Gasteiger partial charge in [0.05, 0.1) is 14.2 Å². The lowest BCUT2D eigenvalue weighted by molar-refractivity contribution is 0.212. The fraction of sp³-hybridized carbons (Fsp3) is 0.214. The Morgan fingerprint density at radius 3 is 2.63 bits per heavy atom.